The minimum atomic E-state index is -0.508. The second-order valence-electron chi connectivity index (χ2n) is 9.41. The van der Waals surface area contributed by atoms with Gasteiger partial charge in [-0.15, -0.1) is 0 Å². The maximum absolute atomic E-state index is 14.2. The van der Waals surface area contributed by atoms with Crippen molar-refractivity contribution in [2.45, 2.75) is 25.8 Å². The van der Waals surface area contributed by atoms with Gasteiger partial charge in [-0.05, 0) is 66.6 Å². The Morgan fingerprint density at radius 3 is 2.51 bits per heavy atom. The lowest BCUT2D eigenvalue weighted by molar-refractivity contribution is -0.119. The molecule has 8 heteroatoms. The molecular weight excluding hydrogens is 493 g/mol. The number of hydrogen-bond acceptors (Lipinski definition) is 3. The summed E-state index contributed by atoms with van der Waals surface area (Å²) < 4.78 is 15.9. The van der Waals surface area contributed by atoms with Crippen LogP contribution in [0.4, 0.5) is 20.6 Å². The van der Waals surface area contributed by atoms with Gasteiger partial charge in [-0.1, -0.05) is 43.7 Å². The Bertz CT molecular complexity index is 1540. The third kappa shape index (κ3) is 5.25. The van der Waals surface area contributed by atoms with Crippen molar-refractivity contribution in [1.29, 1.82) is 5.26 Å². The Morgan fingerprint density at radius 2 is 1.77 bits per heavy atom. The van der Waals surface area contributed by atoms with Crippen molar-refractivity contribution in [1.82, 2.24) is 9.47 Å². The molecule has 1 atom stereocenters. The van der Waals surface area contributed by atoms with E-state index in [2.05, 4.69) is 11.4 Å². The van der Waals surface area contributed by atoms with Gasteiger partial charge in [0.2, 0.25) is 5.91 Å². The molecule has 7 nitrogen and oxygen atoms in total. The SMILES string of the molecule is CCCCN(CC(=O)N1c2ccccc2-n2cccc2C1c1ccc(F)cc1)C(=O)Nc1cccc(C#N)c1. The van der Waals surface area contributed by atoms with Gasteiger partial charge < -0.3 is 14.8 Å². The Kier molecular flexibility index (Phi) is 7.41. The summed E-state index contributed by atoms with van der Waals surface area (Å²) in [5, 5.41) is 12.0. The first-order chi connectivity index (χ1) is 19.0. The van der Waals surface area contributed by atoms with E-state index in [1.54, 1.807) is 41.3 Å². The molecule has 0 saturated heterocycles. The summed E-state index contributed by atoms with van der Waals surface area (Å²) in [6, 6.07) is 25.5. The molecule has 1 unspecified atom stereocenters. The van der Waals surface area contributed by atoms with Crippen LogP contribution in [0.5, 0.6) is 0 Å². The maximum atomic E-state index is 14.2. The van der Waals surface area contributed by atoms with Gasteiger partial charge >= 0.3 is 6.03 Å². The van der Waals surface area contributed by atoms with Crippen LogP contribution >= 0.6 is 0 Å². The number of anilines is 2. The first-order valence-corrected chi connectivity index (χ1v) is 12.9. The van der Waals surface area contributed by atoms with E-state index in [4.69, 9.17) is 0 Å². The van der Waals surface area contributed by atoms with Gasteiger partial charge in [-0.25, -0.2) is 9.18 Å². The summed E-state index contributed by atoms with van der Waals surface area (Å²) in [6.45, 7) is 2.25. The second kappa shape index (κ2) is 11.2. The molecule has 4 aromatic rings. The predicted molar refractivity (Wildman–Crippen MR) is 148 cm³/mol. The molecule has 5 rings (SSSR count). The molecule has 196 valence electrons. The largest absolute Gasteiger partial charge is 0.322 e. The molecular formula is C31H28FN5O2. The van der Waals surface area contributed by atoms with Gasteiger partial charge in [0.25, 0.3) is 0 Å². The van der Waals surface area contributed by atoms with Gasteiger partial charge in [0.1, 0.15) is 18.4 Å². The number of nitrogens with one attached hydrogen (secondary N) is 1. The smallest absolute Gasteiger partial charge is 0.316 e. The fourth-order valence-corrected chi connectivity index (χ4v) is 4.93. The van der Waals surface area contributed by atoms with Crippen LogP contribution in [0.2, 0.25) is 0 Å². The van der Waals surface area contributed by atoms with E-state index in [1.807, 2.05) is 54.1 Å². The fourth-order valence-electron chi connectivity index (χ4n) is 4.93. The average Bonchev–Trinajstić information content (AvgIpc) is 3.45. The number of amides is 3. The van der Waals surface area contributed by atoms with Crippen molar-refractivity contribution >= 4 is 23.3 Å². The number of halogens is 1. The molecule has 1 aliphatic rings. The Balaban J connectivity index is 1.49. The van der Waals surface area contributed by atoms with E-state index >= 15 is 0 Å². The highest BCUT2D eigenvalue weighted by Gasteiger charge is 2.37. The molecule has 1 N–H and O–H groups in total. The minimum Gasteiger partial charge on any atom is -0.316 e. The number of benzene rings is 3. The Hall–Kier alpha value is -4.90. The molecule has 0 aliphatic carbocycles. The van der Waals surface area contributed by atoms with Gasteiger partial charge in [0.15, 0.2) is 0 Å². The number of unbranched alkanes of at least 4 members (excludes halogenated alkanes) is 1. The second-order valence-corrected chi connectivity index (χ2v) is 9.41. The van der Waals surface area contributed by atoms with Crippen LogP contribution in [0.1, 0.15) is 42.6 Å². The maximum Gasteiger partial charge on any atom is 0.322 e. The van der Waals surface area contributed by atoms with Gasteiger partial charge in [-0.3, -0.25) is 9.69 Å². The number of fused-ring (bicyclic) bond motifs is 3. The topological polar surface area (TPSA) is 81.4 Å². The third-order valence-electron chi connectivity index (χ3n) is 6.81. The molecule has 39 heavy (non-hydrogen) atoms. The Morgan fingerprint density at radius 1 is 1.00 bits per heavy atom. The van der Waals surface area contributed by atoms with Crippen molar-refractivity contribution in [3.8, 4) is 11.8 Å². The molecule has 0 fully saturated rings. The summed E-state index contributed by atoms with van der Waals surface area (Å²) >= 11 is 0. The number of para-hydroxylation sites is 2. The molecule has 0 bridgehead atoms. The molecule has 1 aliphatic heterocycles. The number of carbonyl (C=O) groups is 2. The van der Waals surface area contributed by atoms with E-state index in [0.717, 1.165) is 29.8 Å². The van der Waals surface area contributed by atoms with Crippen LogP contribution in [0.15, 0.2) is 91.1 Å². The molecule has 1 aromatic heterocycles. The lowest BCUT2D eigenvalue weighted by Crippen LogP contribution is -2.48. The standard InChI is InChI=1S/C31H28FN5O2/c1-2-3-17-35(31(39)34-25-9-6-8-22(19-25)20-33)21-29(38)37-27-11-5-4-10-26(27)36-18-7-12-28(36)30(37)23-13-15-24(32)16-14-23/h4-16,18-19,30H,2-3,17,21H2,1H3,(H,34,39). The summed E-state index contributed by atoms with van der Waals surface area (Å²) in [4.78, 5) is 30.7. The number of carbonyl (C=O) groups excluding carboxylic acids is 2. The van der Waals surface area contributed by atoms with Crippen molar-refractivity contribution in [2.24, 2.45) is 0 Å². The number of nitrogens with zero attached hydrogens (tertiary/aromatic N) is 4. The highest BCUT2D eigenvalue weighted by Crippen LogP contribution is 2.42. The fraction of sp³-hybridized carbons (Fsp3) is 0.194. The summed E-state index contributed by atoms with van der Waals surface area (Å²) in [5.74, 6) is -0.618. The minimum absolute atomic E-state index is 0.156. The number of hydrogen-bond donors (Lipinski definition) is 1. The first-order valence-electron chi connectivity index (χ1n) is 12.9. The zero-order chi connectivity index (χ0) is 27.4. The van der Waals surface area contributed by atoms with E-state index in [-0.39, 0.29) is 18.3 Å². The lowest BCUT2D eigenvalue weighted by Gasteiger charge is -2.39. The number of aromatic nitrogens is 1. The van der Waals surface area contributed by atoms with Gasteiger partial charge in [-0.2, -0.15) is 5.26 Å². The van der Waals surface area contributed by atoms with Gasteiger partial charge in [0.05, 0.1) is 28.7 Å². The zero-order valence-electron chi connectivity index (χ0n) is 21.5. The van der Waals surface area contributed by atoms with Crippen molar-refractivity contribution < 1.29 is 14.0 Å². The molecule has 3 amide bonds. The summed E-state index contributed by atoms with van der Waals surface area (Å²) in [5.41, 5.74) is 4.10. The molecule has 0 radical (unpaired) electrons. The lowest BCUT2D eigenvalue weighted by atomic mass is 9.97. The van der Waals surface area contributed by atoms with Gasteiger partial charge in [0, 0.05) is 18.4 Å². The van der Waals surface area contributed by atoms with Crippen LogP contribution < -0.4 is 10.2 Å². The van der Waals surface area contributed by atoms with E-state index in [1.165, 1.54) is 17.0 Å². The van der Waals surface area contributed by atoms with Crippen LogP contribution in [-0.4, -0.2) is 34.5 Å². The number of rotatable bonds is 7. The van der Waals surface area contributed by atoms with E-state index in [0.29, 0.717) is 23.5 Å². The Labute approximate surface area is 226 Å². The summed E-state index contributed by atoms with van der Waals surface area (Å²) in [7, 11) is 0. The van der Waals surface area contributed by atoms with E-state index in [9.17, 15) is 19.2 Å². The van der Waals surface area contributed by atoms with Crippen LogP contribution in [-0.2, 0) is 4.79 Å². The first kappa shape index (κ1) is 25.7. The highest BCUT2D eigenvalue weighted by molar-refractivity contribution is 6.01. The van der Waals surface area contributed by atoms with Crippen molar-refractivity contribution in [3.05, 3.63) is 114 Å². The van der Waals surface area contributed by atoms with Crippen LogP contribution in [0, 0.1) is 17.1 Å². The highest BCUT2D eigenvalue weighted by atomic mass is 19.1. The number of nitriles is 1. The van der Waals surface area contributed by atoms with Crippen LogP contribution in [0.25, 0.3) is 5.69 Å². The predicted octanol–water partition coefficient (Wildman–Crippen LogP) is 6.26. The van der Waals surface area contributed by atoms with Crippen molar-refractivity contribution in [2.75, 3.05) is 23.3 Å². The summed E-state index contributed by atoms with van der Waals surface area (Å²) in [6.07, 6.45) is 3.52. The number of urea groups is 1. The normalized spacial score (nSPS) is 13.7. The zero-order valence-corrected chi connectivity index (χ0v) is 21.5. The van der Waals surface area contributed by atoms with Crippen molar-refractivity contribution in [3.63, 3.8) is 0 Å². The monoisotopic (exact) mass is 521 g/mol. The average molecular weight is 522 g/mol. The molecule has 2 heterocycles. The van der Waals surface area contributed by atoms with E-state index < -0.39 is 12.1 Å². The van der Waals surface area contributed by atoms with Crippen LogP contribution in [0.3, 0.4) is 0 Å². The molecule has 3 aromatic carbocycles. The molecule has 0 saturated carbocycles. The quantitative estimate of drug-likeness (QED) is 0.312. The third-order valence-corrected chi connectivity index (χ3v) is 6.81. The molecule has 0 spiro atoms.